The Balaban J connectivity index is 1.61. The van der Waals surface area contributed by atoms with Crippen LogP contribution in [0.1, 0.15) is 21.5 Å². The summed E-state index contributed by atoms with van der Waals surface area (Å²) in [4.78, 5) is 35.6. The quantitative estimate of drug-likeness (QED) is 0.538. The number of halogens is 1. The topological polar surface area (TPSA) is 85.6 Å². The van der Waals surface area contributed by atoms with Gasteiger partial charge in [-0.2, -0.15) is 0 Å². The van der Waals surface area contributed by atoms with Gasteiger partial charge in [0.05, 0.1) is 0 Å². The van der Waals surface area contributed by atoms with Gasteiger partial charge in [0.2, 0.25) is 0 Å². The van der Waals surface area contributed by atoms with Crippen molar-refractivity contribution < 1.29 is 18.7 Å². The molecule has 0 bridgehead atoms. The summed E-state index contributed by atoms with van der Waals surface area (Å²) in [6, 6.07) is 13.0. The lowest BCUT2D eigenvalue weighted by molar-refractivity contribution is -0.143. The zero-order valence-electron chi connectivity index (χ0n) is 14.5. The Morgan fingerprint density at radius 2 is 1.85 bits per heavy atom. The van der Waals surface area contributed by atoms with Crippen LogP contribution in [0.3, 0.4) is 0 Å². The molecule has 1 N–H and O–H groups in total. The van der Waals surface area contributed by atoms with Gasteiger partial charge in [-0.15, -0.1) is 0 Å². The van der Waals surface area contributed by atoms with Gasteiger partial charge in [-0.1, -0.05) is 23.7 Å². The fraction of sp³-hybridized carbons (Fsp3) is 0.150. The number of amides is 1. The first-order valence-corrected chi connectivity index (χ1v) is 8.53. The zero-order valence-corrected chi connectivity index (χ0v) is 15.2. The molecule has 0 unspecified atom stereocenters. The normalized spacial score (nSPS) is 10.6. The van der Waals surface area contributed by atoms with Crippen LogP contribution in [0.4, 0.5) is 0 Å². The number of carbonyl (C=O) groups excluding carboxylic acids is 2. The third-order valence-corrected chi connectivity index (χ3v) is 4.13. The second-order valence-electron chi connectivity index (χ2n) is 5.94. The molecule has 1 aromatic heterocycles. The van der Waals surface area contributed by atoms with E-state index in [4.69, 9.17) is 20.8 Å². The number of carbonyl (C=O) groups is 2. The minimum absolute atomic E-state index is 0.0964. The van der Waals surface area contributed by atoms with Crippen LogP contribution in [-0.4, -0.2) is 18.4 Å². The van der Waals surface area contributed by atoms with Gasteiger partial charge >= 0.3 is 11.6 Å². The molecule has 27 heavy (non-hydrogen) atoms. The third kappa shape index (κ3) is 4.74. The van der Waals surface area contributed by atoms with E-state index >= 15 is 0 Å². The van der Waals surface area contributed by atoms with Gasteiger partial charge in [0.1, 0.15) is 18.7 Å². The van der Waals surface area contributed by atoms with Crippen LogP contribution < -0.4 is 10.9 Å². The molecule has 6 nitrogen and oxygen atoms in total. The number of fused-ring (bicyclic) bond motifs is 1. The molecule has 0 saturated heterocycles. The molecular weight excluding hydrogens is 370 g/mol. The van der Waals surface area contributed by atoms with Crippen LogP contribution in [-0.2, 0) is 16.1 Å². The summed E-state index contributed by atoms with van der Waals surface area (Å²) in [7, 11) is 0. The van der Waals surface area contributed by atoms with Crippen LogP contribution in [0.25, 0.3) is 11.0 Å². The maximum atomic E-state index is 12.0. The average Bonchev–Trinajstić information content (AvgIpc) is 2.64. The average molecular weight is 386 g/mol. The minimum Gasteiger partial charge on any atom is -0.459 e. The Morgan fingerprint density at radius 1 is 1.11 bits per heavy atom. The van der Waals surface area contributed by atoms with E-state index in [0.717, 1.165) is 5.56 Å². The van der Waals surface area contributed by atoms with Crippen LogP contribution in [0, 0.1) is 6.92 Å². The fourth-order valence-corrected chi connectivity index (χ4v) is 2.65. The van der Waals surface area contributed by atoms with E-state index in [1.54, 1.807) is 36.4 Å². The Kier molecular flexibility index (Phi) is 5.57. The van der Waals surface area contributed by atoms with E-state index in [9.17, 15) is 14.4 Å². The number of rotatable bonds is 5. The highest BCUT2D eigenvalue weighted by Gasteiger charge is 2.11. The number of esters is 1. The third-order valence-electron chi connectivity index (χ3n) is 3.87. The van der Waals surface area contributed by atoms with Crippen molar-refractivity contribution in [3.8, 4) is 0 Å². The minimum atomic E-state index is -0.620. The molecule has 1 amide bonds. The Labute approximate surface area is 159 Å². The maximum absolute atomic E-state index is 12.0. The molecule has 7 heteroatoms. The van der Waals surface area contributed by atoms with Crippen LogP contribution in [0.2, 0.25) is 5.02 Å². The molecule has 3 rings (SSSR count). The lowest BCUT2D eigenvalue weighted by Gasteiger charge is -2.08. The van der Waals surface area contributed by atoms with E-state index in [1.807, 2.05) is 13.0 Å². The number of hydrogen-bond donors (Lipinski definition) is 1. The summed E-state index contributed by atoms with van der Waals surface area (Å²) in [6.07, 6.45) is 0. The molecule has 0 radical (unpaired) electrons. The molecule has 0 aliphatic carbocycles. The number of benzene rings is 2. The second-order valence-corrected chi connectivity index (χ2v) is 6.38. The fourth-order valence-electron chi connectivity index (χ4n) is 2.52. The van der Waals surface area contributed by atoms with Gasteiger partial charge in [0.15, 0.2) is 0 Å². The predicted octanol–water partition coefficient (Wildman–Crippen LogP) is 3.23. The lowest BCUT2D eigenvalue weighted by Crippen LogP contribution is -2.30. The summed E-state index contributed by atoms with van der Waals surface area (Å²) in [6.45, 7) is 1.50. The predicted molar refractivity (Wildman–Crippen MR) is 101 cm³/mol. The van der Waals surface area contributed by atoms with Crippen LogP contribution >= 0.6 is 11.6 Å². The molecule has 0 saturated carbocycles. The molecule has 0 aliphatic rings. The molecule has 0 aliphatic heterocycles. The van der Waals surface area contributed by atoms with E-state index in [2.05, 4.69) is 5.32 Å². The molecule has 0 atom stereocenters. The first-order valence-electron chi connectivity index (χ1n) is 8.15. The number of hydrogen-bond acceptors (Lipinski definition) is 5. The van der Waals surface area contributed by atoms with E-state index in [-0.39, 0.29) is 13.2 Å². The number of ether oxygens (including phenoxy) is 1. The first kappa shape index (κ1) is 18.7. The van der Waals surface area contributed by atoms with Gasteiger partial charge in [-0.05, 0) is 42.8 Å². The van der Waals surface area contributed by atoms with Crippen molar-refractivity contribution in [3.63, 3.8) is 0 Å². The monoisotopic (exact) mass is 385 g/mol. The number of nitrogens with one attached hydrogen (secondary N) is 1. The highest BCUT2D eigenvalue weighted by Crippen LogP contribution is 2.19. The van der Waals surface area contributed by atoms with Crippen molar-refractivity contribution in [2.24, 2.45) is 0 Å². The van der Waals surface area contributed by atoms with Gasteiger partial charge in [-0.25, -0.2) is 4.79 Å². The smallest absolute Gasteiger partial charge is 0.336 e. The SMILES string of the molecule is Cc1ccc2c(COC(=O)CNC(=O)c3ccc(Cl)cc3)cc(=O)oc2c1. The molecule has 3 aromatic rings. The first-order chi connectivity index (χ1) is 12.9. The Hall–Kier alpha value is -3.12. The molecule has 0 fully saturated rings. The second kappa shape index (κ2) is 8.05. The van der Waals surface area contributed by atoms with Gasteiger partial charge in [-0.3, -0.25) is 9.59 Å². The zero-order chi connectivity index (χ0) is 19.4. The molecule has 2 aromatic carbocycles. The van der Waals surface area contributed by atoms with Crippen molar-refractivity contribution in [2.75, 3.05) is 6.54 Å². The van der Waals surface area contributed by atoms with Crippen molar-refractivity contribution in [1.82, 2.24) is 5.32 Å². The molecule has 0 spiro atoms. The van der Waals surface area contributed by atoms with Gasteiger partial charge in [0, 0.05) is 27.6 Å². The van der Waals surface area contributed by atoms with E-state index < -0.39 is 17.5 Å². The van der Waals surface area contributed by atoms with Gasteiger partial charge < -0.3 is 14.5 Å². The maximum Gasteiger partial charge on any atom is 0.336 e. The van der Waals surface area contributed by atoms with E-state index in [0.29, 0.717) is 27.1 Å². The lowest BCUT2D eigenvalue weighted by atomic mass is 10.1. The van der Waals surface area contributed by atoms with E-state index in [1.165, 1.54) is 6.07 Å². The van der Waals surface area contributed by atoms with Crippen LogP contribution in [0.15, 0.2) is 57.7 Å². The summed E-state index contributed by atoms with van der Waals surface area (Å²) >= 11 is 5.77. The molecule has 1 heterocycles. The largest absolute Gasteiger partial charge is 0.459 e. The standard InChI is InChI=1S/C20H16ClNO5/c1-12-2-7-16-14(9-18(23)27-17(16)8-12)11-26-19(24)10-22-20(25)13-3-5-15(21)6-4-13/h2-9H,10-11H2,1H3,(H,22,25). The highest BCUT2D eigenvalue weighted by atomic mass is 35.5. The summed E-state index contributed by atoms with van der Waals surface area (Å²) < 4.78 is 10.3. The number of aryl methyl sites for hydroxylation is 1. The summed E-state index contributed by atoms with van der Waals surface area (Å²) in [5, 5.41) is 3.68. The summed E-state index contributed by atoms with van der Waals surface area (Å²) in [5.74, 6) is -1.03. The Bertz CT molecular complexity index is 1060. The Morgan fingerprint density at radius 3 is 2.59 bits per heavy atom. The molecular formula is C20H16ClNO5. The summed E-state index contributed by atoms with van der Waals surface area (Å²) in [5.41, 5.74) is 1.79. The van der Waals surface area contributed by atoms with Crippen LogP contribution in [0.5, 0.6) is 0 Å². The van der Waals surface area contributed by atoms with Crippen molar-refractivity contribution in [3.05, 3.63) is 80.7 Å². The van der Waals surface area contributed by atoms with Crippen molar-refractivity contribution in [1.29, 1.82) is 0 Å². The van der Waals surface area contributed by atoms with Crippen molar-refractivity contribution in [2.45, 2.75) is 13.5 Å². The van der Waals surface area contributed by atoms with Gasteiger partial charge in [0.25, 0.3) is 5.91 Å². The molecule has 138 valence electrons. The van der Waals surface area contributed by atoms with Crippen molar-refractivity contribution >= 4 is 34.4 Å². The highest BCUT2D eigenvalue weighted by molar-refractivity contribution is 6.30.